The van der Waals surface area contributed by atoms with Gasteiger partial charge in [0.25, 0.3) is 0 Å². The van der Waals surface area contributed by atoms with Crippen molar-refractivity contribution in [3.8, 4) is 0 Å². The highest BCUT2D eigenvalue weighted by molar-refractivity contribution is 5.57. The number of para-hydroxylation sites is 1. The summed E-state index contributed by atoms with van der Waals surface area (Å²) in [6.07, 6.45) is -4.19. The predicted molar refractivity (Wildman–Crippen MR) is 63.5 cm³/mol. The number of nitrogens with zero attached hydrogens (tertiary/aromatic N) is 1. The zero-order valence-electron chi connectivity index (χ0n) is 10.4. The SMILES string of the molecule is CC(O)c1cccc(F)c1N(CC(F)(F)F)C1CC1. The minimum absolute atomic E-state index is 0.127. The minimum Gasteiger partial charge on any atom is -0.389 e. The molecule has 1 aliphatic carbocycles. The Bertz CT molecular complexity index is 454. The van der Waals surface area contributed by atoms with Crippen molar-refractivity contribution in [2.75, 3.05) is 11.4 Å². The maximum Gasteiger partial charge on any atom is 0.405 e. The molecule has 2 nitrogen and oxygen atoms in total. The van der Waals surface area contributed by atoms with E-state index in [1.54, 1.807) is 0 Å². The van der Waals surface area contributed by atoms with Crippen LogP contribution in [0, 0.1) is 5.82 Å². The van der Waals surface area contributed by atoms with Crippen LogP contribution in [0.2, 0.25) is 0 Å². The fraction of sp³-hybridized carbons (Fsp3) is 0.538. The van der Waals surface area contributed by atoms with Crippen LogP contribution in [-0.4, -0.2) is 23.9 Å². The highest BCUT2D eigenvalue weighted by Gasteiger charge is 2.40. The largest absolute Gasteiger partial charge is 0.405 e. The summed E-state index contributed by atoms with van der Waals surface area (Å²) in [5.74, 6) is -0.727. The van der Waals surface area contributed by atoms with Gasteiger partial charge in [-0.3, -0.25) is 0 Å². The summed E-state index contributed by atoms with van der Waals surface area (Å²) in [6, 6.07) is 3.66. The fourth-order valence-corrected chi connectivity index (χ4v) is 2.14. The van der Waals surface area contributed by atoms with Gasteiger partial charge in [0.15, 0.2) is 0 Å². The first-order chi connectivity index (χ1) is 8.79. The number of aliphatic hydroxyl groups is 1. The molecular weight excluding hydrogens is 262 g/mol. The first kappa shape index (κ1) is 14.1. The van der Waals surface area contributed by atoms with Crippen LogP contribution < -0.4 is 4.90 Å². The lowest BCUT2D eigenvalue weighted by Gasteiger charge is -2.29. The van der Waals surface area contributed by atoms with Crippen molar-refractivity contribution >= 4 is 5.69 Å². The summed E-state index contributed by atoms with van der Waals surface area (Å²) in [5.41, 5.74) is 0.0634. The van der Waals surface area contributed by atoms with E-state index in [4.69, 9.17) is 0 Å². The summed E-state index contributed by atoms with van der Waals surface area (Å²) >= 11 is 0. The van der Waals surface area contributed by atoms with Gasteiger partial charge in [-0.2, -0.15) is 13.2 Å². The first-order valence-electron chi connectivity index (χ1n) is 6.09. The zero-order chi connectivity index (χ0) is 14.2. The van der Waals surface area contributed by atoms with Gasteiger partial charge in [0.1, 0.15) is 12.4 Å². The summed E-state index contributed by atoms with van der Waals surface area (Å²) < 4.78 is 51.8. The van der Waals surface area contributed by atoms with E-state index in [-0.39, 0.29) is 17.3 Å². The van der Waals surface area contributed by atoms with Crippen LogP contribution in [0.3, 0.4) is 0 Å². The lowest BCUT2D eigenvalue weighted by Crippen LogP contribution is -2.37. The summed E-state index contributed by atoms with van der Waals surface area (Å²) in [5, 5.41) is 9.60. The van der Waals surface area contributed by atoms with Crippen LogP contribution in [0.5, 0.6) is 0 Å². The third kappa shape index (κ3) is 3.37. The van der Waals surface area contributed by atoms with Gasteiger partial charge in [-0.1, -0.05) is 12.1 Å². The molecule has 1 aliphatic rings. The number of anilines is 1. The Kier molecular flexibility index (Phi) is 3.71. The van der Waals surface area contributed by atoms with Crippen LogP contribution in [0.4, 0.5) is 23.2 Å². The Morgan fingerprint density at radius 1 is 1.37 bits per heavy atom. The highest BCUT2D eigenvalue weighted by Crippen LogP contribution is 2.39. The smallest absolute Gasteiger partial charge is 0.389 e. The second-order valence-corrected chi connectivity index (χ2v) is 4.83. The maximum absolute atomic E-state index is 13.9. The van der Waals surface area contributed by atoms with Gasteiger partial charge >= 0.3 is 6.18 Å². The average Bonchev–Trinajstić information content (AvgIpc) is 3.08. The molecule has 2 rings (SSSR count). The van der Waals surface area contributed by atoms with Crippen molar-refractivity contribution in [1.29, 1.82) is 0 Å². The summed E-state index contributed by atoms with van der Waals surface area (Å²) in [6.45, 7) is 0.218. The average molecular weight is 277 g/mol. The van der Waals surface area contributed by atoms with Crippen LogP contribution in [-0.2, 0) is 0 Å². The molecule has 106 valence electrons. The van der Waals surface area contributed by atoms with E-state index < -0.39 is 24.6 Å². The number of rotatable bonds is 4. The lowest BCUT2D eigenvalue weighted by atomic mass is 10.1. The first-order valence-corrected chi connectivity index (χ1v) is 6.09. The molecule has 0 radical (unpaired) electrons. The summed E-state index contributed by atoms with van der Waals surface area (Å²) in [4.78, 5) is 1.03. The van der Waals surface area contributed by atoms with E-state index in [1.807, 2.05) is 0 Å². The standard InChI is InChI=1S/C13H15F4NO/c1-8(19)10-3-2-4-11(14)12(10)18(9-5-6-9)7-13(15,16)17/h2-4,8-9,19H,5-7H2,1H3. The van der Waals surface area contributed by atoms with Gasteiger partial charge in [0.05, 0.1) is 11.8 Å². The molecule has 0 amide bonds. The van der Waals surface area contributed by atoms with Gasteiger partial charge in [0, 0.05) is 11.6 Å². The quantitative estimate of drug-likeness (QED) is 0.852. The van der Waals surface area contributed by atoms with E-state index >= 15 is 0 Å². The van der Waals surface area contributed by atoms with Crippen molar-refractivity contribution in [3.05, 3.63) is 29.6 Å². The van der Waals surface area contributed by atoms with Crippen molar-refractivity contribution in [2.24, 2.45) is 0 Å². The number of aliphatic hydroxyl groups excluding tert-OH is 1. The molecule has 0 bridgehead atoms. The van der Waals surface area contributed by atoms with Gasteiger partial charge in [0.2, 0.25) is 0 Å². The molecule has 0 spiro atoms. The Morgan fingerprint density at radius 3 is 2.47 bits per heavy atom. The molecule has 19 heavy (non-hydrogen) atoms. The Hall–Kier alpha value is -1.30. The highest BCUT2D eigenvalue weighted by atomic mass is 19.4. The van der Waals surface area contributed by atoms with Crippen LogP contribution in [0.1, 0.15) is 31.4 Å². The van der Waals surface area contributed by atoms with Gasteiger partial charge < -0.3 is 10.0 Å². The second-order valence-electron chi connectivity index (χ2n) is 4.83. The maximum atomic E-state index is 13.9. The third-order valence-electron chi connectivity index (χ3n) is 3.09. The van der Waals surface area contributed by atoms with E-state index in [0.29, 0.717) is 12.8 Å². The molecule has 1 unspecified atom stereocenters. The molecule has 1 aromatic carbocycles. The molecule has 6 heteroatoms. The van der Waals surface area contributed by atoms with E-state index in [2.05, 4.69) is 0 Å². The van der Waals surface area contributed by atoms with E-state index in [1.165, 1.54) is 19.1 Å². The predicted octanol–water partition coefficient (Wildman–Crippen LogP) is 3.41. The topological polar surface area (TPSA) is 23.5 Å². The van der Waals surface area contributed by atoms with Gasteiger partial charge in [-0.05, 0) is 25.8 Å². The number of hydrogen-bond donors (Lipinski definition) is 1. The number of alkyl halides is 3. The lowest BCUT2D eigenvalue weighted by molar-refractivity contribution is -0.120. The molecule has 1 aromatic rings. The van der Waals surface area contributed by atoms with Crippen LogP contribution >= 0.6 is 0 Å². The molecule has 1 saturated carbocycles. The molecule has 1 atom stereocenters. The van der Waals surface area contributed by atoms with Gasteiger partial charge in [-0.25, -0.2) is 4.39 Å². The van der Waals surface area contributed by atoms with Gasteiger partial charge in [-0.15, -0.1) is 0 Å². The van der Waals surface area contributed by atoms with E-state index in [9.17, 15) is 22.7 Å². The third-order valence-corrected chi connectivity index (χ3v) is 3.09. The van der Waals surface area contributed by atoms with Crippen molar-refractivity contribution < 1.29 is 22.7 Å². The van der Waals surface area contributed by atoms with Crippen LogP contribution in [0.15, 0.2) is 18.2 Å². The van der Waals surface area contributed by atoms with Crippen molar-refractivity contribution in [1.82, 2.24) is 0 Å². The normalized spacial score (nSPS) is 17.4. The molecular formula is C13H15F4NO. The summed E-state index contributed by atoms with van der Waals surface area (Å²) in [7, 11) is 0. The number of halogens is 4. The Labute approximate surface area is 108 Å². The molecule has 0 aromatic heterocycles. The van der Waals surface area contributed by atoms with Crippen molar-refractivity contribution in [2.45, 2.75) is 38.1 Å². The molecule has 0 heterocycles. The number of hydrogen-bond acceptors (Lipinski definition) is 2. The Morgan fingerprint density at radius 2 is 2.00 bits per heavy atom. The van der Waals surface area contributed by atoms with Crippen LogP contribution in [0.25, 0.3) is 0 Å². The fourth-order valence-electron chi connectivity index (χ4n) is 2.14. The molecule has 1 fully saturated rings. The zero-order valence-corrected chi connectivity index (χ0v) is 10.4. The van der Waals surface area contributed by atoms with E-state index in [0.717, 1.165) is 11.0 Å². The number of benzene rings is 1. The molecule has 1 N–H and O–H groups in total. The second kappa shape index (κ2) is 5.00. The molecule has 0 aliphatic heterocycles. The minimum atomic E-state index is -4.40. The van der Waals surface area contributed by atoms with Crippen molar-refractivity contribution in [3.63, 3.8) is 0 Å². The molecule has 0 saturated heterocycles. The monoisotopic (exact) mass is 277 g/mol. The Balaban J connectivity index is 2.41.